The molecule has 1 fully saturated rings. The number of urea groups is 1. The van der Waals surface area contributed by atoms with E-state index in [4.69, 9.17) is 11.6 Å². The number of aromatic nitrogens is 1. The Bertz CT molecular complexity index is 878. The number of nitrogens with zero attached hydrogens (tertiary/aromatic N) is 1. The van der Waals surface area contributed by atoms with Crippen molar-refractivity contribution < 1.29 is 27.9 Å². The molecule has 2 aromatic rings. The lowest BCUT2D eigenvalue weighted by Gasteiger charge is -2.45. The molecule has 1 aromatic carbocycles. The molecule has 3 unspecified atom stereocenters. The van der Waals surface area contributed by atoms with Crippen LogP contribution in [-0.2, 0) is 0 Å². The molecule has 0 bridgehead atoms. The van der Waals surface area contributed by atoms with Crippen LogP contribution in [0, 0.1) is 5.92 Å². The van der Waals surface area contributed by atoms with Crippen molar-refractivity contribution in [2.75, 3.05) is 0 Å². The van der Waals surface area contributed by atoms with E-state index in [1.54, 1.807) is 0 Å². The molecule has 142 valence electrons. The van der Waals surface area contributed by atoms with Gasteiger partial charge in [-0.3, -0.25) is 9.78 Å². The third kappa shape index (κ3) is 3.47. The van der Waals surface area contributed by atoms with Crippen LogP contribution in [0.15, 0.2) is 48.8 Å². The zero-order valence-corrected chi connectivity index (χ0v) is 14.3. The van der Waals surface area contributed by atoms with Crippen LogP contribution in [0.5, 0.6) is 0 Å². The number of halogens is 4. The maximum absolute atomic E-state index is 13.7. The molecule has 0 saturated carbocycles. The Balaban J connectivity index is 2.17. The second kappa shape index (κ2) is 6.82. The van der Waals surface area contributed by atoms with E-state index in [1.165, 1.54) is 47.9 Å². The Labute approximate surface area is 156 Å². The molecule has 0 spiro atoms. The number of carbonyl (C=O) groups excluding carboxylic acids is 2. The second-order valence-electron chi connectivity index (χ2n) is 5.98. The molecule has 2 heterocycles. The van der Waals surface area contributed by atoms with Gasteiger partial charge in [0.05, 0.1) is 6.04 Å². The van der Waals surface area contributed by atoms with Gasteiger partial charge in [-0.1, -0.05) is 23.7 Å². The molecule has 1 aliphatic heterocycles. The predicted molar refractivity (Wildman–Crippen MR) is 88.9 cm³/mol. The van der Waals surface area contributed by atoms with Crippen LogP contribution in [-0.4, -0.2) is 33.8 Å². The van der Waals surface area contributed by atoms with E-state index in [0.29, 0.717) is 0 Å². The molecule has 6 nitrogen and oxygen atoms in total. The largest absolute Gasteiger partial charge is 0.437 e. The van der Waals surface area contributed by atoms with Gasteiger partial charge < -0.3 is 15.7 Å². The van der Waals surface area contributed by atoms with Crippen molar-refractivity contribution >= 4 is 23.4 Å². The normalized spacial score (nSPS) is 25.4. The molecular weight excluding hydrogens is 387 g/mol. The Kier molecular flexibility index (Phi) is 4.83. The molecule has 0 aliphatic carbocycles. The summed E-state index contributed by atoms with van der Waals surface area (Å²) in [5.41, 5.74) is -3.78. The van der Waals surface area contributed by atoms with Gasteiger partial charge in [-0.05, 0) is 29.8 Å². The number of hydrogen-bond donors (Lipinski definition) is 3. The number of pyridine rings is 1. The number of amides is 2. The van der Waals surface area contributed by atoms with Crippen LogP contribution < -0.4 is 10.6 Å². The topological polar surface area (TPSA) is 91.3 Å². The van der Waals surface area contributed by atoms with E-state index in [-0.39, 0.29) is 16.1 Å². The quantitative estimate of drug-likeness (QED) is 0.692. The van der Waals surface area contributed by atoms with Gasteiger partial charge in [-0.15, -0.1) is 0 Å². The molecule has 1 saturated heterocycles. The van der Waals surface area contributed by atoms with Crippen molar-refractivity contribution in [3.05, 3.63) is 64.9 Å². The summed E-state index contributed by atoms with van der Waals surface area (Å²) in [6, 6.07) is 5.58. The highest BCUT2D eigenvalue weighted by Crippen LogP contribution is 2.44. The van der Waals surface area contributed by atoms with Crippen LogP contribution in [0.4, 0.5) is 18.0 Å². The summed E-state index contributed by atoms with van der Waals surface area (Å²) >= 11 is 5.90. The number of nitrogens with one attached hydrogen (secondary N) is 2. The Hall–Kier alpha value is -2.65. The molecular formula is C17H13ClF3N3O3. The average Bonchev–Trinajstić information content (AvgIpc) is 2.60. The van der Waals surface area contributed by atoms with Gasteiger partial charge in [-0.25, -0.2) is 4.79 Å². The Morgan fingerprint density at radius 3 is 2.59 bits per heavy atom. The lowest BCUT2D eigenvalue weighted by Crippen LogP contribution is -2.72. The third-order valence-corrected chi connectivity index (χ3v) is 4.48. The number of hydrogen-bond acceptors (Lipinski definition) is 4. The van der Waals surface area contributed by atoms with Crippen LogP contribution in [0.3, 0.4) is 0 Å². The van der Waals surface area contributed by atoms with Crippen LogP contribution in [0.2, 0.25) is 5.02 Å². The number of alkyl halides is 3. The molecule has 10 heteroatoms. The van der Waals surface area contributed by atoms with Crippen molar-refractivity contribution in [3.63, 3.8) is 0 Å². The summed E-state index contributed by atoms with van der Waals surface area (Å²) in [4.78, 5) is 28.5. The van der Waals surface area contributed by atoms with Gasteiger partial charge in [0.25, 0.3) is 0 Å². The predicted octanol–water partition coefficient (Wildman–Crippen LogP) is 2.84. The number of aliphatic hydroxyl groups is 1. The lowest BCUT2D eigenvalue weighted by atomic mass is 9.77. The molecule has 3 atom stereocenters. The minimum absolute atomic E-state index is 0.141. The van der Waals surface area contributed by atoms with E-state index in [2.05, 4.69) is 10.3 Å². The van der Waals surface area contributed by atoms with Crippen molar-refractivity contribution in [2.24, 2.45) is 5.92 Å². The van der Waals surface area contributed by atoms with Gasteiger partial charge >= 0.3 is 12.2 Å². The number of Topliss-reactive ketones (excluding diaryl/α,β-unsaturated/α-hetero) is 1. The van der Waals surface area contributed by atoms with Crippen LogP contribution >= 0.6 is 11.6 Å². The maximum Gasteiger partial charge on any atom is 0.437 e. The fraction of sp³-hybridized carbons (Fsp3) is 0.235. The molecule has 1 aliphatic rings. The third-order valence-electron chi connectivity index (χ3n) is 4.24. The first kappa shape index (κ1) is 19.1. The summed E-state index contributed by atoms with van der Waals surface area (Å²) in [5.74, 6) is -3.15. The number of ketones is 1. The minimum atomic E-state index is -5.32. The SMILES string of the molecule is O=C1NC(c2cccc(Cl)c2)C(C(=O)c2cccnc2)C(O)(C(F)(F)F)N1. The summed E-state index contributed by atoms with van der Waals surface area (Å²) in [6.07, 6.45) is -2.88. The number of rotatable bonds is 3. The maximum atomic E-state index is 13.7. The molecule has 3 N–H and O–H groups in total. The zero-order valence-electron chi connectivity index (χ0n) is 13.5. The minimum Gasteiger partial charge on any atom is -0.363 e. The fourth-order valence-electron chi connectivity index (χ4n) is 3.00. The lowest BCUT2D eigenvalue weighted by molar-refractivity contribution is -0.287. The highest BCUT2D eigenvalue weighted by atomic mass is 35.5. The Morgan fingerprint density at radius 1 is 1.26 bits per heavy atom. The van der Waals surface area contributed by atoms with Crippen molar-refractivity contribution in [2.45, 2.75) is 17.9 Å². The van der Waals surface area contributed by atoms with Crippen molar-refractivity contribution in [1.29, 1.82) is 0 Å². The van der Waals surface area contributed by atoms with E-state index < -0.39 is 35.7 Å². The van der Waals surface area contributed by atoms with Gasteiger partial charge in [0.2, 0.25) is 5.72 Å². The molecule has 1 aromatic heterocycles. The van der Waals surface area contributed by atoms with E-state index in [0.717, 1.165) is 6.20 Å². The second-order valence-corrected chi connectivity index (χ2v) is 6.42. The smallest absolute Gasteiger partial charge is 0.363 e. The molecule has 2 amide bonds. The van der Waals surface area contributed by atoms with Gasteiger partial charge in [0.15, 0.2) is 5.78 Å². The first-order chi connectivity index (χ1) is 12.6. The average molecular weight is 400 g/mol. The van der Waals surface area contributed by atoms with Crippen molar-refractivity contribution in [1.82, 2.24) is 15.6 Å². The standard InChI is InChI=1S/C17H13ClF3N3O3/c18-11-5-1-3-9(7-11)13-12(14(25)10-4-2-6-22-8-10)16(27,17(19,20)21)24-15(26)23-13/h1-8,12-13,27H,(H2,23,24,26). The van der Waals surface area contributed by atoms with E-state index in [1.807, 2.05) is 0 Å². The van der Waals surface area contributed by atoms with E-state index >= 15 is 0 Å². The summed E-state index contributed by atoms with van der Waals surface area (Å²) in [5, 5.41) is 14.3. The highest BCUT2D eigenvalue weighted by Gasteiger charge is 2.66. The Morgan fingerprint density at radius 2 is 2.00 bits per heavy atom. The molecule has 3 rings (SSSR count). The molecule has 0 radical (unpaired) electrons. The van der Waals surface area contributed by atoms with Crippen LogP contribution in [0.1, 0.15) is 22.0 Å². The van der Waals surface area contributed by atoms with Gasteiger partial charge in [0, 0.05) is 23.0 Å². The fourth-order valence-corrected chi connectivity index (χ4v) is 3.20. The van der Waals surface area contributed by atoms with Gasteiger partial charge in [0.1, 0.15) is 5.92 Å². The first-order valence-corrected chi connectivity index (χ1v) is 8.09. The zero-order chi connectivity index (χ0) is 19.8. The van der Waals surface area contributed by atoms with Crippen LogP contribution in [0.25, 0.3) is 0 Å². The molecule has 27 heavy (non-hydrogen) atoms. The summed E-state index contributed by atoms with van der Waals surface area (Å²) in [7, 11) is 0. The number of benzene rings is 1. The van der Waals surface area contributed by atoms with Crippen molar-refractivity contribution in [3.8, 4) is 0 Å². The number of carbonyl (C=O) groups is 2. The van der Waals surface area contributed by atoms with Gasteiger partial charge in [-0.2, -0.15) is 13.2 Å². The monoisotopic (exact) mass is 399 g/mol. The van der Waals surface area contributed by atoms with E-state index in [9.17, 15) is 27.9 Å². The first-order valence-electron chi connectivity index (χ1n) is 7.71. The summed E-state index contributed by atoms with van der Waals surface area (Å²) < 4.78 is 41.1. The summed E-state index contributed by atoms with van der Waals surface area (Å²) in [6.45, 7) is 0. The highest BCUT2D eigenvalue weighted by molar-refractivity contribution is 6.30.